The molecular formula is C38H75N. The molecule has 1 unspecified atom stereocenters. The molecule has 0 spiro atoms. The molecule has 0 bridgehead atoms. The van der Waals surface area contributed by atoms with Gasteiger partial charge in [-0.25, -0.2) is 0 Å². The van der Waals surface area contributed by atoms with Gasteiger partial charge in [0.1, 0.15) is 0 Å². The van der Waals surface area contributed by atoms with Crippen LogP contribution in [0.3, 0.4) is 0 Å². The molecule has 0 saturated heterocycles. The van der Waals surface area contributed by atoms with Crippen LogP contribution in [0.5, 0.6) is 0 Å². The lowest BCUT2D eigenvalue weighted by atomic mass is 9.91. The Balaban J connectivity index is 3.63. The molecular weight excluding hydrogens is 470 g/mol. The van der Waals surface area contributed by atoms with E-state index in [9.17, 15) is 0 Å². The summed E-state index contributed by atoms with van der Waals surface area (Å²) in [6.45, 7) is 5.85. The van der Waals surface area contributed by atoms with Gasteiger partial charge >= 0.3 is 0 Å². The molecule has 0 fully saturated rings. The van der Waals surface area contributed by atoms with E-state index in [-0.39, 0.29) is 0 Å². The summed E-state index contributed by atoms with van der Waals surface area (Å²) in [6.07, 6.45) is 49.1. The summed E-state index contributed by atoms with van der Waals surface area (Å²) in [7, 11) is 4.48. The molecule has 0 aromatic rings. The SMILES string of the molecule is CCCCC/C=C\C/C=C\CCCCCCCCCC(CCCCCCCCCCCCCC)CCN(C)C. The second kappa shape index (κ2) is 33.6. The Morgan fingerprint density at radius 1 is 0.410 bits per heavy atom. The minimum atomic E-state index is 0.966. The van der Waals surface area contributed by atoms with Crippen molar-refractivity contribution in [3.63, 3.8) is 0 Å². The predicted octanol–water partition coefficient (Wildman–Crippen LogP) is 13.2. The topological polar surface area (TPSA) is 3.24 Å². The van der Waals surface area contributed by atoms with Crippen molar-refractivity contribution in [2.75, 3.05) is 20.6 Å². The molecule has 0 N–H and O–H groups in total. The first kappa shape index (κ1) is 38.4. The van der Waals surface area contributed by atoms with Gasteiger partial charge in [-0.3, -0.25) is 0 Å². The zero-order valence-corrected chi connectivity index (χ0v) is 27.8. The predicted molar refractivity (Wildman–Crippen MR) is 181 cm³/mol. The first-order chi connectivity index (χ1) is 19.2. The molecule has 0 aromatic heterocycles. The maximum atomic E-state index is 2.40. The van der Waals surface area contributed by atoms with Crippen molar-refractivity contribution in [1.82, 2.24) is 4.90 Å². The van der Waals surface area contributed by atoms with Gasteiger partial charge in [0.2, 0.25) is 0 Å². The molecule has 39 heavy (non-hydrogen) atoms. The van der Waals surface area contributed by atoms with Crippen LogP contribution in [0.4, 0.5) is 0 Å². The number of allylic oxidation sites excluding steroid dienone is 4. The minimum absolute atomic E-state index is 0.966. The van der Waals surface area contributed by atoms with Gasteiger partial charge in [0, 0.05) is 0 Å². The molecule has 1 heteroatoms. The fourth-order valence-electron chi connectivity index (χ4n) is 5.75. The summed E-state index contributed by atoms with van der Waals surface area (Å²) in [5.74, 6) is 0.966. The summed E-state index contributed by atoms with van der Waals surface area (Å²) >= 11 is 0. The molecule has 0 rings (SSSR count). The lowest BCUT2D eigenvalue weighted by Gasteiger charge is -2.19. The van der Waals surface area contributed by atoms with Gasteiger partial charge in [-0.2, -0.15) is 0 Å². The average Bonchev–Trinajstić information content (AvgIpc) is 2.93. The van der Waals surface area contributed by atoms with Crippen LogP contribution >= 0.6 is 0 Å². The van der Waals surface area contributed by atoms with E-state index >= 15 is 0 Å². The van der Waals surface area contributed by atoms with Crippen molar-refractivity contribution in [2.24, 2.45) is 5.92 Å². The zero-order chi connectivity index (χ0) is 28.5. The smallest absolute Gasteiger partial charge is 0.00222 e. The lowest BCUT2D eigenvalue weighted by Crippen LogP contribution is -2.17. The molecule has 0 aliphatic carbocycles. The Morgan fingerprint density at radius 3 is 1.21 bits per heavy atom. The van der Waals surface area contributed by atoms with E-state index in [0.717, 1.165) is 12.3 Å². The molecule has 232 valence electrons. The summed E-state index contributed by atoms with van der Waals surface area (Å²) < 4.78 is 0. The first-order valence-corrected chi connectivity index (χ1v) is 18.1. The normalized spacial score (nSPS) is 12.9. The van der Waals surface area contributed by atoms with Crippen LogP contribution < -0.4 is 0 Å². The highest BCUT2D eigenvalue weighted by molar-refractivity contribution is 4.92. The molecule has 0 radical (unpaired) electrons. The highest BCUT2D eigenvalue weighted by Crippen LogP contribution is 2.22. The van der Waals surface area contributed by atoms with Crippen molar-refractivity contribution < 1.29 is 0 Å². The number of nitrogens with zero attached hydrogens (tertiary/aromatic N) is 1. The minimum Gasteiger partial charge on any atom is -0.309 e. The molecule has 1 nitrogen and oxygen atoms in total. The van der Waals surface area contributed by atoms with Crippen LogP contribution in [0.15, 0.2) is 24.3 Å². The quantitative estimate of drug-likeness (QED) is 0.0600. The van der Waals surface area contributed by atoms with Crippen LogP contribution in [-0.4, -0.2) is 25.5 Å². The monoisotopic (exact) mass is 546 g/mol. The Labute approximate surface area is 249 Å². The Morgan fingerprint density at radius 2 is 0.769 bits per heavy atom. The molecule has 0 amide bonds. The van der Waals surface area contributed by atoms with E-state index in [1.807, 2.05) is 0 Å². The maximum absolute atomic E-state index is 2.40. The molecule has 0 saturated carbocycles. The van der Waals surface area contributed by atoms with Crippen LogP contribution in [-0.2, 0) is 0 Å². The molecule has 0 aliphatic heterocycles. The van der Waals surface area contributed by atoms with E-state index in [2.05, 4.69) is 57.1 Å². The molecule has 0 heterocycles. The van der Waals surface area contributed by atoms with Crippen molar-refractivity contribution in [2.45, 2.75) is 194 Å². The Hall–Kier alpha value is -0.560. The summed E-state index contributed by atoms with van der Waals surface area (Å²) in [5, 5.41) is 0. The third-order valence-electron chi connectivity index (χ3n) is 8.51. The van der Waals surface area contributed by atoms with Crippen molar-refractivity contribution in [3.05, 3.63) is 24.3 Å². The summed E-state index contributed by atoms with van der Waals surface area (Å²) in [6, 6.07) is 0. The van der Waals surface area contributed by atoms with Gasteiger partial charge < -0.3 is 4.90 Å². The zero-order valence-electron chi connectivity index (χ0n) is 27.8. The van der Waals surface area contributed by atoms with Crippen molar-refractivity contribution in [3.8, 4) is 0 Å². The standard InChI is InChI=1S/C38H75N/c1-5-7-9-11-13-15-17-19-20-21-22-23-25-27-29-31-33-35-38(36-37-39(3)4)34-32-30-28-26-24-18-16-14-12-10-8-6-2/h13,15,19-20,38H,5-12,14,16-18,21-37H2,1-4H3/b15-13-,20-19-. The van der Waals surface area contributed by atoms with Crippen LogP contribution in [0.25, 0.3) is 0 Å². The largest absolute Gasteiger partial charge is 0.309 e. The van der Waals surface area contributed by atoms with Gasteiger partial charge in [-0.15, -0.1) is 0 Å². The number of hydrogen-bond donors (Lipinski definition) is 0. The number of hydrogen-bond acceptors (Lipinski definition) is 1. The Bertz CT molecular complexity index is 491. The van der Waals surface area contributed by atoms with Gasteiger partial charge in [0.15, 0.2) is 0 Å². The van der Waals surface area contributed by atoms with Gasteiger partial charge in [0.05, 0.1) is 0 Å². The van der Waals surface area contributed by atoms with E-state index in [1.165, 1.54) is 180 Å². The molecule has 0 aromatic carbocycles. The second-order valence-electron chi connectivity index (χ2n) is 12.9. The highest BCUT2D eigenvalue weighted by atomic mass is 15.0. The summed E-state index contributed by atoms with van der Waals surface area (Å²) in [5.41, 5.74) is 0. The maximum Gasteiger partial charge on any atom is -0.00222 e. The highest BCUT2D eigenvalue weighted by Gasteiger charge is 2.09. The van der Waals surface area contributed by atoms with Crippen LogP contribution in [0, 0.1) is 5.92 Å². The van der Waals surface area contributed by atoms with Gasteiger partial charge in [0.25, 0.3) is 0 Å². The third-order valence-corrected chi connectivity index (χ3v) is 8.51. The van der Waals surface area contributed by atoms with E-state index in [0.29, 0.717) is 0 Å². The van der Waals surface area contributed by atoms with Crippen molar-refractivity contribution in [1.29, 1.82) is 0 Å². The number of rotatable bonds is 32. The fourth-order valence-corrected chi connectivity index (χ4v) is 5.75. The fraction of sp³-hybridized carbons (Fsp3) is 0.895. The van der Waals surface area contributed by atoms with Gasteiger partial charge in [-0.1, -0.05) is 179 Å². The Kier molecular flexibility index (Phi) is 33.2. The molecule has 0 aliphatic rings. The van der Waals surface area contributed by atoms with Crippen molar-refractivity contribution >= 4 is 0 Å². The van der Waals surface area contributed by atoms with E-state index in [1.54, 1.807) is 0 Å². The van der Waals surface area contributed by atoms with Crippen LogP contribution in [0.1, 0.15) is 194 Å². The van der Waals surface area contributed by atoms with E-state index in [4.69, 9.17) is 0 Å². The lowest BCUT2D eigenvalue weighted by molar-refractivity contribution is 0.314. The number of unbranched alkanes of at least 4 members (excludes halogenated alkanes) is 21. The second-order valence-corrected chi connectivity index (χ2v) is 12.9. The average molecular weight is 546 g/mol. The third kappa shape index (κ3) is 33.5. The van der Waals surface area contributed by atoms with Crippen LogP contribution in [0.2, 0.25) is 0 Å². The first-order valence-electron chi connectivity index (χ1n) is 18.1. The van der Waals surface area contributed by atoms with E-state index < -0.39 is 0 Å². The van der Waals surface area contributed by atoms with Gasteiger partial charge in [-0.05, 0) is 65.1 Å². The summed E-state index contributed by atoms with van der Waals surface area (Å²) in [4.78, 5) is 2.38. The molecule has 1 atom stereocenters.